The zero-order chi connectivity index (χ0) is 15.2. The molecule has 0 atom stereocenters. The molecule has 6 nitrogen and oxygen atoms in total. The van der Waals surface area contributed by atoms with Crippen molar-refractivity contribution in [2.24, 2.45) is 0 Å². The number of nitro benzene ring substituents is 1. The first-order valence-corrected chi connectivity index (χ1v) is 6.43. The molecular formula is C15H15N3O3. The number of nitrogens with zero attached hydrogens (tertiary/aromatic N) is 1. The second kappa shape index (κ2) is 6.51. The van der Waals surface area contributed by atoms with Gasteiger partial charge in [-0.3, -0.25) is 14.9 Å². The first-order chi connectivity index (χ1) is 10.0. The number of aryl methyl sites for hydroxylation is 1. The van der Waals surface area contributed by atoms with Gasteiger partial charge < -0.3 is 11.1 Å². The normalized spacial score (nSPS) is 10.1. The lowest BCUT2D eigenvalue weighted by Crippen LogP contribution is -2.12. The maximum Gasteiger partial charge on any atom is 0.271 e. The minimum absolute atomic E-state index is 0.0522. The minimum atomic E-state index is -0.498. The van der Waals surface area contributed by atoms with Crippen LogP contribution in [0.2, 0.25) is 0 Å². The predicted molar refractivity (Wildman–Crippen MR) is 80.9 cm³/mol. The molecule has 2 aromatic carbocycles. The number of carbonyl (C=O) groups is 1. The Morgan fingerprint density at radius 1 is 1.19 bits per heavy atom. The summed E-state index contributed by atoms with van der Waals surface area (Å²) in [6.07, 6.45) is 0.845. The van der Waals surface area contributed by atoms with Gasteiger partial charge in [0.1, 0.15) is 0 Å². The maximum absolute atomic E-state index is 11.8. The topological polar surface area (TPSA) is 98.3 Å². The molecule has 21 heavy (non-hydrogen) atoms. The molecule has 1 amide bonds. The molecule has 0 fully saturated rings. The predicted octanol–water partition coefficient (Wildman–Crippen LogP) is 2.75. The lowest BCUT2D eigenvalue weighted by Gasteiger charge is -2.05. The Morgan fingerprint density at radius 3 is 2.67 bits per heavy atom. The molecule has 0 saturated heterocycles. The quantitative estimate of drug-likeness (QED) is 0.501. The molecule has 0 aliphatic heterocycles. The van der Waals surface area contributed by atoms with Crippen LogP contribution in [0.5, 0.6) is 0 Å². The summed E-state index contributed by atoms with van der Waals surface area (Å²) in [6.45, 7) is 0. The number of nitrogens with one attached hydrogen (secondary N) is 1. The largest absolute Gasteiger partial charge is 0.399 e. The van der Waals surface area contributed by atoms with Gasteiger partial charge >= 0.3 is 0 Å². The molecule has 3 N–H and O–H groups in total. The standard InChI is InChI=1S/C15H15N3O3/c16-12-4-1-3-11(9-12)7-8-15(19)17-13-5-2-6-14(10-13)18(20)21/h1-6,9-10H,7-8,16H2,(H,17,19). The van der Waals surface area contributed by atoms with Crippen LogP contribution in [-0.4, -0.2) is 10.8 Å². The highest BCUT2D eigenvalue weighted by molar-refractivity contribution is 5.91. The van der Waals surface area contributed by atoms with Crippen molar-refractivity contribution >= 4 is 23.0 Å². The van der Waals surface area contributed by atoms with Crippen LogP contribution in [0.15, 0.2) is 48.5 Å². The minimum Gasteiger partial charge on any atom is -0.399 e. The fraction of sp³-hybridized carbons (Fsp3) is 0.133. The Labute approximate surface area is 121 Å². The summed E-state index contributed by atoms with van der Waals surface area (Å²) >= 11 is 0. The van der Waals surface area contributed by atoms with Gasteiger partial charge in [0.15, 0.2) is 0 Å². The van der Waals surface area contributed by atoms with Crippen LogP contribution in [-0.2, 0) is 11.2 Å². The van der Waals surface area contributed by atoms with Crippen molar-refractivity contribution in [1.82, 2.24) is 0 Å². The first-order valence-electron chi connectivity index (χ1n) is 6.43. The number of nitrogens with two attached hydrogens (primary N) is 1. The number of anilines is 2. The van der Waals surface area contributed by atoms with Crippen molar-refractivity contribution in [2.45, 2.75) is 12.8 Å². The molecule has 0 spiro atoms. The zero-order valence-electron chi connectivity index (χ0n) is 11.3. The number of hydrogen-bond acceptors (Lipinski definition) is 4. The van der Waals surface area contributed by atoms with Gasteiger partial charge in [-0.25, -0.2) is 0 Å². The molecule has 108 valence electrons. The molecule has 0 heterocycles. The fourth-order valence-electron chi connectivity index (χ4n) is 1.93. The van der Waals surface area contributed by atoms with Gasteiger partial charge in [-0.1, -0.05) is 18.2 Å². The highest BCUT2D eigenvalue weighted by atomic mass is 16.6. The van der Waals surface area contributed by atoms with E-state index in [9.17, 15) is 14.9 Å². The molecule has 2 rings (SSSR count). The van der Waals surface area contributed by atoms with Crippen LogP contribution in [0.25, 0.3) is 0 Å². The van der Waals surface area contributed by atoms with Crippen LogP contribution in [0.3, 0.4) is 0 Å². The highest BCUT2D eigenvalue weighted by Gasteiger charge is 2.08. The van der Waals surface area contributed by atoms with E-state index in [2.05, 4.69) is 5.32 Å². The molecule has 6 heteroatoms. The summed E-state index contributed by atoms with van der Waals surface area (Å²) < 4.78 is 0. The van der Waals surface area contributed by atoms with E-state index in [0.29, 0.717) is 17.8 Å². The van der Waals surface area contributed by atoms with Gasteiger partial charge in [-0.15, -0.1) is 0 Å². The van der Waals surface area contributed by atoms with Crippen molar-refractivity contribution in [3.63, 3.8) is 0 Å². The van der Waals surface area contributed by atoms with Crippen molar-refractivity contribution in [1.29, 1.82) is 0 Å². The third-order valence-electron chi connectivity index (χ3n) is 2.93. The number of hydrogen-bond donors (Lipinski definition) is 2. The number of rotatable bonds is 5. The van der Waals surface area contributed by atoms with Crippen LogP contribution in [0.1, 0.15) is 12.0 Å². The average molecular weight is 285 g/mol. The van der Waals surface area contributed by atoms with E-state index in [1.165, 1.54) is 18.2 Å². The van der Waals surface area contributed by atoms with Gasteiger partial charge in [-0.05, 0) is 30.2 Å². The van der Waals surface area contributed by atoms with Gasteiger partial charge in [0.2, 0.25) is 5.91 Å². The highest BCUT2D eigenvalue weighted by Crippen LogP contribution is 2.17. The molecule has 0 aliphatic rings. The van der Waals surface area contributed by atoms with Crippen LogP contribution in [0, 0.1) is 10.1 Å². The molecule has 0 aliphatic carbocycles. The van der Waals surface area contributed by atoms with E-state index in [-0.39, 0.29) is 18.0 Å². The number of non-ortho nitro benzene ring substituents is 1. The Balaban J connectivity index is 1.93. The lowest BCUT2D eigenvalue weighted by molar-refractivity contribution is -0.384. The van der Waals surface area contributed by atoms with Gasteiger partial charge in [0.05, 0.1) is 4.92 Å². The van der Waals surface area contributed by atoms with Crippen molar-refractivity contribution < 1.29 is 9.72 Å². The summed E-state index contributed by atoms with van der Waals surface area (Å²) in [6, 6.07) is 13.2. The second-order valence-electron chi connectivity index (χ2n) is 4.60. The van der Waals surface area contributed by atoms with Crippen LogP contribution in [0.4, 0.5) is 17.1 Å². The first kappa shape index (κ1) is 14.5. The second-order valence-corrected chi connectivity index (χ2v) is 4.60. The summed E-state index contributed by atoms with van der Waals surface area (Å²) in [5.74, 6) is -0.196. The van der Waals surface area contributed by atoms with Gasteiger partial charge in [0.25, 0.3) is 5.69 Å². The van der Waals surface area contributed by atoms with Crippen molar-refractivity contribution in [3.05, 3.63) is 64.2 Å². The van der Waals surface area contributed by atoms with Gasteiger partial charge in [-0.2, -0.15) is 0 Å². The number of nitro groups is 1. The third kappa shape index (κ3) is 4.31. The SMILES string of the molecule is Nc1cccc(CCC(=O)Nc2cccc([N+](=O)[O-])c2)c1. The molecule has 0 unspecified atom stereocenters. The Bertz CT molecular complexity index is 671. The smallest absolute Gasteiger partial charge is 0.271 e. The number of amides is 1. The lowest BCUT2D eigenvalue weighted by atomic mass is 10.1. The molecule has 0 saturated carbocycles. The van der Waals surface area contributed by atoms with E-state index < -0.39 is 4.92 Å². The van der Waals surface area contributed by atoms with E-state index in [1.807, 2.05) is 18.2 Å². The number of nitrogen functional groups attached to an aromatic ring is 1. The molecule has 0 bridgehead atoms. The Hall–Kier alpha value is -2.89. The summed E-state index contributed by atoms with van der Waals surface area (Å²) in [4.78, 5) is 22.0. The van der Waals surface area contributed by atoms with Crippen LogP contribution >= 0.6 is 0 Å². The molecule has 2 aromatic rings. The maximum atomic E-state index is 11.8. The van der Waals surface area contributed by atoms with E-state index in [4.69, 9.17) is 5.73 Å². The van der Waals surface area contributed by atoms with E-state index >= 15 is 0 Å². The third-order valence-corrected chi connectivity index (χ3v) is 2.93. The fourth-order valence-corrected chi connectivity index (χ4v) is 1.93. The van der Waals surface area contributed by atoms with E-state index in [0.717, 1.165) is 5.56 Å². The Kier molecular flexibility index (Phi) is 4.50. The molecule has 0 aromatic heterocycles. The Morgan fingerprint density at radius 2 is 1.95 bits per heavy atom. The van der Waals surface area contributed by atoms with Crippen molar-refractivity contribution in [3.8, 4) is 0 Å². The summed E-state index contributed by atoms with van der Waals surface area (Å²) in [7, 11) is 0. The zero-order valence-corrected chi connectivity index (χ0v) is 11.3. The van der Waals surface area contributed by atoms with Gasteiger partial charge in [0, 0.05) is 29.9 Å². The monoisotopic (exact) mass is 285 g/mol. The van der Waals surface area contributed by atoms with Crippen molar-refractivity contribution in [2.75, 3.05) is 11.1 Å². The summed E-state index contributed by atoms with van der Waals surface area (Å²) in [5.41, 5.74) is 7.67. The number of benzene rings is 2. The average Bonchev–Trinajstić information content (AvgIpc) is 2.45. The van der Waals surface area contributed by atoms with Crippen LogP contribution < -0.4 is 11.1 Å². The number of carbonyl (C=O) groups excluding carboxylic acids is 1. The molecule has 0 radical (unpaired) electrons. The van der Waals surface area contributed by atoms with E-state index in [1.54, 1.807) is 12.1 Å². The summed E-state index contributed by atoms with van der Waals surface area (Å²) in [5, 5.41) is 13.3. The molecular weight excluding hydrogens is 270 g/mol.